The fourth-order valence-corrected chi connectivity index (χ4v) is 3.99. The third kappa shape index (κ3) is 4.40. The molecule has 1 aliphatic heterocycles. The number of amides is 2. The molecule has 4 rings (SSSR count). The van der Waals surface area contributed by atoms with E-state index in [-0.39, 0.29) is 6.04 Å². The number of fused-ring (bicyclic) bond motifs is 1. The number of methoxy groups -OCH3 is 1. The number of nitrogens with one attached hydrogen (secondary N) is 2. The van der Waals surface area contributed by atoms with Gasteiger partial charge in [-0.15, -0.1) is 0 Å². The number of anilines is 3. The van der Waals surface area contributed by atoms with Crippen molar-refractivity contribution >= 4 is 45.6 Å². The van der Waals surface area contributed by atoms with Gasteiger partial charge in [0.1, 0.15) is 5.75 Å². The van der Waals surface area contributed by atoms with Crippen LogP contribution in [0.4, 0.5) is 21.9 Å². The van der Waals surface area contributed by atoms with Crippen LogP contribution < -0.4 is 20.3 Å². The second kappa shape index (κ2) is 9.30. The molecule has 0 unspecified atom stereocenters. The number of pyridine rings is 1. The summed E-state index contributed by atoms with van der Waals surface area (Å²) in [4.78, 5) is 19.5. The molecule has 164 valence electrons. The molecule has 1 saturated heterocycles. The van der Waals surface area contributed by atoms with Crippen molar-refractivity contribution in [2.24, 2.45) is 0 Å². The molecule has 2 N–H and O–H groups in total. The minimum atomic E-state index is -0.439. The number of urea groups is 1. The Balaban J connectivity index is 1.69. The van der Waals surface area contributed by atoms with E-state index in [1.807, 2.05) is 6.07 Å². The van der Waals surface area contributed by atoms with Crippen LogP contribution >= 0.6 is 11.6 Å². The molecule has 0 radical (unpaired) electrons. The molecule has 8 nitrogen and oxygen atoms in total. The highest BCUT2D eigenvalue weighted by Gasteiger charge is 2.25. The van der Waals surface area contributed by atoms with E-state index in [1.165, 1.54) is 7.11 Å². The summed E-state index contributed by atoms with van der Waals surface area (Å²) < 4.78 is 10.7. The van der Waals surface area contributed by atoms with Crippen LogP contribution in [-0.2, 0) is 4.74 Å². The van der Waals surface area contributed by atoms with Crippen molar-refractivity contribution in [1.82, 2.24) is 4.98 Å². The van der Waals surface area contributed by atoms with Gasteiger partial charge in [-0.05, 0) is 43.3 Å². The Bertz CT molecular complexity index is 1210. The zero-order valence-corrected chi connectivity index (χ0v) is 18.4. The Morgan fingerprint density at radius 2 is 2.16 bits per heavy atom. The lowest BCUT2D eigenvalue weighted by Gasteiger charge is -2.37. The van der Waals surface area contributed by atoms with Gasteiger partial charge in [-0.1, -0.05) is 11.6 Å². The summed E-state index contributed by atoms with van der Waals surface area (Å²) in [7, 11) is 1.53. The molecule has 9 heteroatoms. The number of rotatable bonds is 4. The molecule has 0 aliphatic carbocycles. The number of carbonyl (C=O) groups is 1. The Hall–Kier alpha value is -3.54. The second-order valence-corrected chi connectivity index (χ2v) is 7.82. The largest absolute Gasteiger partial charge is 0.495 e. The fourth-order valence-electron chi connectivity index (χ4n) is 3.74. The normalized spacial score (nSPS) is 15.8. The van der Waals surface area contributed by atoms with Gasteiger partial charge in [0.25, 0.3) is 0 Å². The van der Waals surface area contributed by atoms with Gasteiger partial charge in [0.05, 0.1) is 60.1 Å². The summed E-state index contributed by atoms with van der Waals surface area (Å²) in [5.74, 6) is 0.522. The predicted octanol–water partition coefficient (Wildman–Crippen LogP) is 4.64. The highest BCUT2D eigenvalue weighted by atomic mass is 35.5. The van der Waals surface area contributed by atoms with Crippen molar-refractivity contribution in [3.8, 4) is 11.8 Å². The van der Waals surface area contributed by atoms with Gasteiger partial charge < -0.3 is 25.0 Å². The number of halogens is 1. The van der Waals surface area contributed by atoms with E-state index in [0.717, 1.165) is 16.6 Å². The number of carbonyl (C=O) groups excluding carboxylic acids is 1. The molecule has 2 aromatic carbocycles. The summed E-state index contributed by atoms with van der Waals surface area (Å²) in [5.41, 5.74) is 3.14. The lowest BCUT2D eigenvalue weighted by atomic mass is 10.1. The Labute approximate surface area is 190 Å². The molecule has 1 atom stereocenters. The average molecular weight is 452 g/mol. The molecule has 0 bridgehead atoms. The summed E-state index contributed by atoms with van der Waals surface area (Å²) in [6, 6.07) is 12.2. The third-order valence-electron chi connectivity index (χ3n) is 5.28. The van der Waals surface area contributed by atoms with Crippen molar-refractivity contribution in [3.63, 3.8) is 0 Å². The summed E-state index contributed by atoms with van der Waals surface area (Å²) >= 11 is 6.16. The van der Waals surface area contributed by atoms with Crippen LogP contribution in [0.25, 0.3) is 10.9 Å². The van der Waals surface area contributed by atoms with E-state index in [4.69, 9.17) is 21.1 Å². The molecule has 1 aromatic heterocycles. The minimum absolute atomic E-state index is 0.0871. The highest BCUT2D eigenvalue weighted by molar-refractivity contribution is 6.32. The minimum Gasteiger partial charge on any atom is -0.495 e. The maximum Gasteiger partial charge on any atom is 0.323 e. The molecule has 0 saturated carbocycles. The first-order valence-corrected chi connectivity index (χ1v) is 10.5. The SMILES string of the molecule is COc1ccc(NC(=O)Nc2cnc3ccc(C#N)cc3c2N2CCOC[C@@H]2C)cc1Cl. The quantitative estimate of drug-likeness (QED) is 0.599. The van der Waals surface area contributed by atoms with Gasteiger partial charge in [0.15, 0.2) is 0 Å². The summed E-state index contributed by atoms with van der Waals surface area (Å²) in [6.45, 7) is 3.85. The molecular weight excluding hydrogens is 430 g/mol. The number of nitrogens with zero attached hydrogens (tertiary/aromatic N) is 3. The molecule has 2 amide bonds. The maximum absolute atomic E-state index is 12.8. The summed E-state index contributed by atoms with van der Waals surface area (Å²) in [6.07, 6.45) is 1.63. The number of aromatic nitrogens is 1. The van der Waals surface area contributed by atoms with Gasteiger partial charge >= 0.3 is 6.03 Å². The van der Waals surface area contributed by atoms with Crippen molar-refractivity contribution in [3.05, 3.63) is 53.2 Å². The molecule has 1 fully saturated rings. The van der Waals surface area contributed by atoms with Gasteiger partial charge in [-0.2, -0.15) is 5.26 Å². The molecular formula is C23H22ClN5O3. The fraction of sp³-hybridized carbons (Fsp3) is 0.261. The van der Waals surface area contributed by atoms with Crippen molar-refractivity contribution < 1.29 is 14.3 Å². The van der Waals surface area contributed by atoms with Crippen molar-refractivity contribution in [1.29, 1.82) is 5.26 Å². The first kappa shape index (κ1) is 21.7. The topological polar surface area (TPSA) is 99.5 Å². The Kier molecular flexibility index (Phi) is 6.30. The van der Waals surface area contributed by atoms with Crippen LogP contribution in [0.2, 0.25) is 5.02 Å². The van der Waals surface area contributed by atoms with E-state index in [9.17, 15) is 10.1 Å². The van der Waals surface area contributed by atoms with E-state index >= 15 is 0 Å². The number of hydrogen-bond donors (Lipinski definition) is 2. The van der Waals surface area contributed by atoms with E-state index in [2.05, 4.69) is 33.5 Å². The number of ether oxygens (including phenoxy) is 2. The standard InChI is InChI=1S/C23H22ClN5O3/c1-14-13-32-8-7-29(14)22-17-9-15(11-25)3-5-19(17)26-12-20(22)28-23(30)27-16-4-6-21(31-2)18(24)10-16/h3-6,9-10,12,14H,7-8,13H2,1-2H3,(H2,27,28,30)/t14-/m0/s1. The van der Waals surface area contributed by atoms with Gasteiger partial charge in [-0.3, -0.25) is 4.98 Å². The average Bonchev–Trinajstić information content (AvgIpc) is 2.79. The maximum atomic E-state index is 12.8. The van der Waals surface area contributed by atoms with E-state index < -0.39 is 6.03 Å². The zero-order valence-electron chi connectivity index (χ0n) is 17.7. The van der Waals surface area contributed by atoms with Crippen LogP contribution in [0, 0.1) is 11.3 Å². The Morgan fingerprint density at radius 3 is 2.88 bits per heavy atom. The Morgan fingerprint density at radius 1 is 1.31 bits per heavy atom. The number of morpholine rings is 1. The molecule has 1 aliphatic rings. The van der Waals surface area contributed by atoms with E-state index in [1.54, 1.807) is 36.5 Å². The molecule has 32 heavy (non-hydrogen) atoms. The molecule has 2 heterocycles. The van der Waals surface area contributed by atoms with Crippen LogP contribution in [0.15, 0.2) is 42.6 Å². The van der Waals surface area contributed by atoms with Crippen LogP contribution in [0.3, 0.4) is 0 Å². The molecule has 0 spiro atoms. The highest BCUT2D eigenvalue weighted by Crippen LogP contribution is 2.36. The van der Waals surface area contributed by atoms with E-state index in [0.29, 0.717) is 47.5 Å². The van der Waals surface area contributed by atoms with Gasteiger partial charge in [-0.25, -0.2) is 4.79 Å². The first-order valence-electron chi connectivity index (χ1n) is 10.1. The number of nitriles is 1. The monoisotopic (exact) mass is 451 g/mol. The van der Waals surface area contributed by atoms with Crippen LogP contribution in [-0.4, -0.2) is 43.9 Å². The van der Waals surface area contributed by atoms with Crippen LogP contribution in [0.5, 0.6) is 5.75 Å². The third-order valence-corrected chi connectivity index (χ3v) is 5.58. The number of benzene rings is 2. The summed E-state index contributed by atoms with van der Waals surface area (Å²) in [5, 5.41) is 16.3. The van der Waals surface area contributed by atoms with Crippen LogP contribution in [0.1, 0.15) is 12.5 Å². The van der Waals surface area contributed by atoms with Gasteiger partial charge in [0, 0.05) is 23.7 Å². The first-order chi connectivity index (χ1) is 15.5. The van der Waals surface area contributed by atoms with Crippen molar-refractivity contribution in [2.45, 2.75) is 13.0 Å². The van der Waals surface area contributed by atoms with Crippen molar-refractivity contribution in [2.75, 3.05) is 42.4 Å². The lowest BCUT2D eigenvalue weighted by molar-refractivity contribution is 0.0991. The predicted molar refractivity (Wildman–Crippen MR) is 125 cm³/mol. The second-order valence-electron chi connectivity index (χ2n) is 7.41. The van der Waals surface area contributed by atoms with Gasteiger partial charge in [0.2, 0.25) is 0 Å². The number of hydrogen-bond acceptors (Lipinski definition) is 6. The lowest BCUT2D eigenvalue weighted by Crippen LogP contribution is -2.44. The zero-order chi connectivity index (χ0) is 22.7. The smallest absolute Gasteiger partial charge is 0.323 e. The molecule has 3 aromatic rings.